The van der Waals surface area contributed by atoms with E-state index in [1.165, 1.54) is 6.92 Å². The third-order valence-electron chi connectivity index (χ3n) is 0.849. The largest absolute Gasteiger partial charge is 0.393 e. The predicted molar refractivity (Wildman–Crippen MR) is 36.2 cm³/mol. The first kappa shape index (κ1) is 13.6. The van der Waals surface area contributed by atoms with Crippen molar-refractivity contribution in [3.63, 3.8) is 0 Å². The number of ether oxygens (including phenoxy) is 1. The van der Waals surface area contributed by atoms with E-state index in [-0.39, 0.29) is 26.2 Å². The van der Waals surface area contributed by atoms with E-state index in [0.29, 0.717) is 0 Å². The maximum Gasteiger partial charge on any atom is 0.318 e. The fourth-order valence-electron chi connectivity index (χ4n) is 0.284. The van der Waals surface area contributed by atoms with Crippen molar-refractivity contribution in [1.82, 2.24) is 0 Å². The Morgan fingerprint density at radius 1 is 1.18 bits per heavy atom. The van der Waals surface area contributed by atoms with Gasteiger partial charge in [0.1, 0.15) is 0 Å². The van der Waals surface area contributed by atoms with Crippen molar-refractivity contribution in [2.45, 2.75) is 27.7 Å². The van der Waals surface area contributed by atoms with Crippen LogP contribution in [0.25, 0.3) is 0 Å². The second kappa shape index (κ2) is 4.81. The quantitative estimate of drug-likeness (QED) is 0.467. The van der Waals surface area contributed by atoms with E-state index < -0.39 is 17.4 Å². The van der Waals surface area contributed by atoms with Crippen LogP contribution >= 0.6 is 0 Å². The van der Waals surface area contributed by atoms with Gasteiger partial charge in [0.25, 0.3) is 0 Å². The van der Waals surface area contributed by atoms with Gasteiger partial charge in [-0.3, -0.25) is 9.59 Å². The van der Waals surface area contributed by atoms with E-state index in [0.717, 1.165) is 0 Å². The summed E-state index contributed by atoms with van der Waals surface area (Å²) in [5, 5.41) is 0. The molecule has 62 valence electrons. The van der Waals surface area contributed by atoms with Crippen LogP contribution < -0.4 is 0 Å². The minimum atomic E-state index is -0.592. The van der Waals surface area contributed by atoms with Crippen molar-refractivity contribution in [2.75, 3.05) is 0 Å². The summed E-state index contributed by atoms with van der Waals surface area (Å²) in [6.45, 7) is 6.29. The van der Waals surface area contributed by atoms with Gasteiger partial charge in [0.05, 0.1) is 5.41 Å². The molecule has 0 unspecified atom stereocenters. The maximum atomic E-state index is 10.8. The molecule has 0 fully saturated rings. The van der Waals surface area contributed by atoms with Crippen LogP contribution in [0, 0.1) is 5.41 Å². The number of carbonyl (C=O) groups is 2. The summed E-state index contributed by atoms with van der Waals surface area (Å²) in [6.07, 6.45) is 0. The second-order valence-corrected chi connectivity index (χ2v) is 3.13. The molecular formula is C7H12O3Zr. The average Bonchev–Trinajstić information content (AvgIpc) is 1.60. The van der Waals surface area contributed by atoms with Gasteiger partial charge in [0, 0.05) is 33.1 Å². The number of esters is 2. The van der Waals surface area contributed by atoms with Crippen molar-refractivity contribution in [3.05, 3.63) is 0 Å². The Morgan fingerprint density at radius 3 is 1.64 bits per heavy atom. The molecule has 11 heavy (non-hydrogen) atoms. The van der Waals surface area contributed by atoms with Crippen molar-refractivity contribution < 1.29 is 40.5 Å². The smallest absolute Gasteiger partial charge is 0.318 e. The summed E-state index contributed by atoms with van der Waals surface area (Å²) in [7, 11) is 0. The maximum absolute atomic E-state index is 10.8. The minimum Gasteiger partial charge on any atom is -0.393 e. The van der Waals surface area contributed by atoms with Crippen LogP contribution in [0.5, 0.6) is 0 Å². The van der Waals surface area contributed by atoms with Gasteiger partial charge in [-0.15, -0.1) is 0 Å². The summed E-state index contributed by atoms with van der Waals surface area (Å²) in [4.78, 5) is 21.1. The van der Waals surface area contributed by atoms with Gasteiger partial charge in [-0.1, -0.05) is 0 Å². The van der Waals surface area contributed by atoms with E-state index in [1.807, 2.05) is 0 Å². The molecule has 0 saturated carbocycles. The van der Waals surface area contributed by atoms with Gasteiger partial charge in [0.15, 0.2) is 0 Å². The van der Waals surface area contributed by atoms with Crippen molar-refractivity contribution >= 4 is 11.9 Å². The molecule has 0 amide bonds. The summed E-state index contributed by atoms with van der Waals surface area (Å²) < 4.78 is 4.34. The Kier molecular flexibility index (Phi) is 5.95. The summed E-state index contributed by atoms with van der Waals surface area (Å²) in [5.41, 5.74) is -0.592. The molecule has 0 bridgehead atoms. The van der Waals surface area contributed by atoms with Crippen LogP contribution in [0.2, 0.25) is 0 Å². The predicted octanol–water partition coefficient (Wildman–Crippen LogP) is 1.12. The van der Waals surface area contributed by atoms with Gasteiger partial charge in [-0.25, -0.2) is 0 Å². The van der Waals surface area contributed by atoms with E-state index in [2.05, 4.69) is 4.74 Å². The van der Waals surface area contributed by atoms with Crippen molar-refractivity contribution in [1.29, 1.82) is 0 Å². The normalized spacial score (nSPS) is 9.82. The first-order valence-electron chi connectivity index (χ1n) is 3.07. The van der Waals surface area contributed by atoms with E-state index in [1.54, 1.807) is 20.8 Å². The first-order valence-corrected chi connectivity index (χ1v) is 3.07. The molecule has 0 rings (SSSR count). The van der Waals surface area contributed by atoms with Crippen LogP contribution in [0.1, 0.15) is 27.7 Å². The molecule has 0 radical (unpaired) electrons. The molecule has 0 heterocycles. The molecule has 0 aromatic rings. The molecule has 0 atom stereocenters. The molecule has 0 aromatic heterocycles. The van der Waals surface area contributed by atoms with Crippen LogP contribution in [0.3, 0.4) is 0 Å². The molecule has 0 aliphatic rings. The standard InChI is InChI=1S/C7H12O3.Zr/c1-5(8)10-6(9)7(2,3)4;/h1-4H3;. The Bertz CT molecular complexity index is 158. The SMILES string of the molecule is CC(=O)OC(=O)C(C)(C)C.[Zr]. The van der Waals surface area contributed by atoms with Gasteiger partial charge in [-0.2, -0.15) is 0 Å². The molecule has 0 aromatic carbocycles. The van der Waals surface area contributed by atoms with Gasteiger partial charge >= 0.3 is 11.9 Å². The summed E-state index contributed by atoms with van der Waals surface area (Å²) >= 11 is 0. The van der Waals surface area contributed by atoms with Crippen molar-refractivity contribution in [3.8, 4) is 0 Å². The van der Waals surface area contributed by atoms with E-state index >= 15 is 0 Å². The Balaban J connectivity index is 0. The number of carbonyl (C=O) groups excluding carboxylic acids is 2. The zero-order valence-corrected chi connectivity index (χ0v) is 9.68. The fraction of sp³-hybridized carbons (Fsp3) is 0.714. The van der Waals surface area contributed by atoms with Gasteiger partial charge in [0.2, 0.25) is 0 Å². The third kappa shape index (κ3) is 6.42. The monoisotopic (exact) mass is 234 g/mol. The molecule has 0 N–H and O–H groups in total. The van der Waals surface area contributed by atoms with Crippen LogP contribution in [0.4, 0.5) is 0 Å². The van der Waals surface area contributed by atoms with E-state index in [4.69, 9.17) is 0 Å². The fourth-order valence-corrected chi connectivity index (χ4v) is 0.284. The van der Waals surface area contributed by atoms with Crippen molar-refractivity contribution in [2.24, 2.45) is 5.41 Å². The summed E-state index contributed by atoms with van der Waals surface area (Å²) in [5.74, 6) is -1.04. The number of hydrogen-bond acceptors (Lipinski definition) is 3. The molecule has 3 nitrogen and oxygen atoms in total. The molecule has 0 saturated heterocycles. The first-order chi connectivity index (χ1) is 4.34. The molecule has 0 aliphatic carbocycles. The van der Waals surface area contributed by atoms with Gasteiger partial charge < -0.3 is 4.74 Å². The average molecular weight is 235 g/mol. The summed E-state index contributed by atoms with van der Waals surface area (Å²) in [6, 6.07) is 0. The van der Waals surface area contributed by atoms with Crippen LogP contribution in [-0.4, -0.2) is 11.9 Å². The van der Waals surface area contributed by atoms with E-state index in [9.17, 15) is 9.59 Å². The molecular weight excluding hydrogens is 223 g/mol. The Labute approximate surface area is 85.6 Å². The molecule has 0 spiro atoms. The topological polar surface area (TPSA) is 43.4 Å². The Morgan fingerprint density at radius 2 is 1.55 bits per heavy atom. The number of hydrogen-bond donors (Lipinski definition) is 0. The number of rotatable bonds is 0. The molecule has 4 heteroatoms. The third-order valence-corrected chi connectivity index (χ3v) is 0.849. The van der Waals surface area contributed by atoms with Crippen LogP contribution in [0.15, 0.2) is 0 Å². The van der Waals surface area contributed by atoms with Crippen LogP contribution in [-0.2, 0) is 40.5 Å². The Hall–Kier alpha value is 0.0231. The zero-order valence-electron chi connectivity index (χ0n) is 7.22. The van der Waals surface area contributed by atoms with Gasteiger partial charge in [-0.05, 0) is 20.8 Å². The minimum absolute atomic E-state index is 0. The molecule has 0 aliphatic heterocycles. The second-order valence-electron chi connectivity index (χ2n) is 3.13. The zero-order chi connectivity index (χ0) is 8.36.